The second-order valence-electron chi connectivity index (χ2n) is 12.1. The number of carbonyl (C=O) groups is 1. The number of amides is 1. The molecule has 2 aromatic heterocycles. The first-order valence-electron chi connectivity index (χ1n) is 14.2. The van der Waals surface area contributed by atoms with E-state index in [0.717, 1.165) is 11.3 Å². The molecule has 10 heteroatoms. The lowest BCUT2D eigenvalue weighted by atomic mass is 9.95. The molecule has 1 aliphatic rings. The van der Waals surface area contributed by atoms with Crippen molar-refractivity contribution in [2.45, 2.75) is 38.1 Å². The van der Waals surface area contributed by atoms with E-state index in [-0.39, 0.29) is 22.3 Å². The molecule has 0 unspecified atom stereocenters. The maximum atomic E-state index is 14.8. The second-order valence-corrected chi connectivity index (χ2v) is 14.8. The van der Waals surface area contributed by atoms with Crippen molar-refractivity contribution in [2.24, 2.45) is 5.92 Å². The summed E-state index contributed by atoms with van der Waals surface area (Å²) in [6, 6.07) is 22.1. The molecule has 224 valence electrons. The number of hydrogen-bond donors (Lipinski definition) is 1. The molecule has 1 saturated heterocycles. The van der Waals surface area contributed by atoms with Gasteiger partial charge >= 0.3 is 0 Å². The number of rotatable bonds is 6. The largest absolute Gasteiger partial charge is 0.370 e. The van der Waals surface area contributed by atoms with Crippen LogP contribution in [-0.4, -0.2) is 36.9 Å². The molecule has 7 nitrogen and oxygen atoms in total. The Morgan fingerprint density at radius 3 is 2.45 bits per heavy atom. The van der Waals surface area contributed by atoms with Gasteiger partial charge in [0, 0.05) is 46.4 Å². The average Bonchev–Trinajstić information content (AvgIpc) is 3.53. The molecule has 0 spiro atoms. The van der Waals surface area contributed by atoms with E-state index in [2.05, 4.69) is 16.3 Å². The van der Waals surface area contributed by atoms with E-state index in [0.29, 0.717) is 51.3 Å². The van der Waals surface area contributed by atoms with Crippen LogP contribution in [0, 0.1) is 30.0 Å². The van der Waals surface area contributed by atoms with Gasteiger partial charge in [-0.15, -0.1) is 11.3 Å². The standard InChI is InChI=1S/C34H31FN4O3S2/c1-21-8-11-26(12-9-21)44(41,42)39-29-13-10-24(35)17-28(29)31(27-14-15-43-30(27)18-36)32(39)22-6-5-7-25(16-22)38-19-23(20-38)33(40)37-34(2,3)4/h5-17,23H,19-20H2,1-4H3,(H,37,40). The minimum absolute atomic E-state index is 0.0000235. The monoisotopic (exact) mass is 626 g/mol. The van der Waals surface area contributed by atoms with Crippen molar-refractivity contribution < 1.29 is 17.6 Å². The summed E-state index contributed by atoms with van der Waals surface area (Å²) in [6.07, 6.45) is 0. The van der Waals surface area contributed by atoms with Crippen LogP contribution in [-0.2, 0) is 14.8 Å². The van der Waals surface area contributed by atoms with E-state index in [9.17, 15) is 22.9 Å². The minimum Gasteiger partial charge on any atom is -0.370 e. The summed E-state index contributed by atoms with van der Waals surface area (Å²) in [5, 5.41) is 15.1. The number of thiophene rings is 1. The number of nitrogens with one attached hydrogen (secondary N) is 1. The Balaban J connectivity index is 1.55. The number of anilines is 1. The Labute approximate surface area is 260 Å². The van der Waals surface area contributed by atoms with E-state index >= 15 is 0 Å². The maximum absolute atomic E-state index is 14.8. The molecule has 0 saturated carbocycles. The van der Waals surface area contributed by atoms with Crippen LogP contribution in [0.1, 0.15) is 31.2 Å². The Bertz CT molecular complexity index is 2060. The maximum Gasteiger partial charge on any atom is 0.268 e. The first-order chi connectivity index (χ1) is 20.9. The quantitative estimate of drug-likeness (QED) is 0.220. The van der Waals surface area contributed by atoms with Gasteiger partial charge in [0.15, 0.2) is 0 Å². The number of nitriles is 1. The van der Waals surface area contributed by atoms with Crippen molar-refractivity contribution in [2.75, 3.05) is 18.0 Å². The molecule has 6 rings (SSSR count). The van der Waals surface area contributed by atoms with Gasteiger partial charge in [-0.3, -0.25) is 4.79 Å². The first kappa shape index (κ1) is 29.6. The number of benzene rings is 3. The normalized spacial score (nSPS) is 14.0. The lowest BCUT2D eigenvalue weighted by Gasteiger charge is -2.41. The predicted octanol–water partition coefficient (Wildman–Crippen LogP) is 6.94. The third-order valence-corrected chi connectivity index (χ3v) is 10.3. The Morgan fingerprint density at radius 2 is 1.77 bits per heavy atom. The van der Waals surface area contributed by atoms with Crippen LogP contribution in [0.25, 0.3) is 33.3 Å². The zero-order valence-corrected chi connectivity index (χ0v) is 26.4. The highest BCUT2D eigenvalue weighted by Gasteiger charge is 2.35. The molecular formula is C34H31FN4O3S2. The molecule has 44 heavy (non-hydrogen) atoms. The van der Waals surface area contributed by atoms with E-state index in [1.54, 1.807) is 35.7 Å². The van der Waals surface area contributed by atoms with Crippen LogP contribution in [0.4, 0.5) is 10.1 Å². The molecule has 1 aliphatic heterocycles. The second kappa shape index (κ2) is 10.9. The van der Waals surface area contributed by atoms with Gasteiger partial charge in [0.2, 0.25) is 5.91 Å². The molecule has 3 heterocycles. The molecule has 3 aromatic carbocycles. The molecule has 1 fully saturated rings. The third kappa shape index (κ3) is 5.27. The van der Waals surface area contributed by atoms with Crippen molar-refractivity contribution >= 4 is 43.9 Å². The van der Waals surface area contributed by atoms with Gasteiger partial charge in [-0.05, 0) is 81.6 Å². The minimum atomic E-state index is -4.18. The third-order valence-electron chi connectivity index (χ3n) is 7.72. The SMILES string of the molecule is Cc1ccc(S(=O)(=O)n2c(-c3cccc(N4CC(C(=O)NC(C)(C)C)C4)c3)c(-c3ccsc3C#N)c3cc(F)ccc32)cc1. The zero-order valence-electron chi connectivity index (χ0n) is 24.8. The van der Waals surface area contributed by atoms with Crippen molar-refractivity contribution in [1.29, 1.82) is 5.26 Å². The summed E-state index contributed by atoms with van der Waals surface area (Å²) in [5.41, 5.74) is 3.65. The zero-order chi connectivity index (χ0) is 31.4. The van der Waals surface area contributed by atoms with Gasteiger partial charge in [0.05, 0.1) is 22.0 Å². The fourth-order valence-corrected chi connectivity index (χ4v) is 7.84. The Hall–Kier alpha value is -4.46. The average molecular weight is 627 g/mol. The summed E-state index contributed by atoms with van der Waals surface area (Å²) in [5.74, 6) is -0.674. The number of hydrogen-bond acceptors (Lipinski definition) is 6. The number of halogens is 1. The van der Waals surface area contributed by atoms with Gasteiger partial charge in [0.25, 0.3) is 10.0 Å². The number of fused-ring (bicyclic) bond motifs is 1. The Morgan fingerprint density at radius 1 is 1.05 bits per heavy atom. The summed E-state index contributed by atoms with van der Waals surface area (Å²) < 4.78 is 45.0. The fraction of sp³-hybridized carbons (Fsp3) is 0.235. The van der Waals surface area contributed by atoms with Gasteiger partial charge in [-0.2, -0.15) is 5.26 Å². The summed E-state index contributed by atoms with van der Waals surface area (Å²) >= 11 is 1.24. The van der Waals surface area contributed by atoms with Crippen molar-refractivity contribution in [3.05, 3.63) is 94.4 Å². The van der Waals surface area contributed by atoms with Gasteiger partial charge in [0.1, 0.15) is 16.8 Å². The molecule has 5 aromatic rings. The topological polar surface area (TPSA) is 95.2 Å². The van der Waals surface area contributed by atoms with Gasteiger partial charge in [-0.25, -0.2) is 16.8 Å². The number of carbonyl (C=O) groups excluding carboxylic acids is 1. The molecule has 1 amide bonds. The summed E-state index contributed by atoms with van der Waals surface area (Å²) in [6.45, 7) is 8.77. The van der Waals surface area contributed by atoms with E-state index in [4.69, 9.17) is 0 Å². The van der Waals surface area contributed by atoms with Gasteiger partial charge < -0.3 is 10.2 Å². The molecule has 0 atom stereocenters. The van der Waals surface area contributed by atoms with Crippen LogP contribution < -0.4 is 10.2 Å². The predicted molar refractivity (Wildman–Crippen MR) is 173 cm³/mol. The Kier molecular flexibility index (Phi) is 7.34. The lowest BCUT2D eigenvalue weighted by molar-refractivity contribution is -0.127. The van der Waals surface area contributed by atoms with Crippen LogP contribution in [0.2, 0.25) is 0 Å². The van der Waals surface area contributed by atoms with Crippen LogP contribution >= 0.6 is 11.3 Å². The number of nitrogens with zero attached hydrogens (tertiary/aromatic N) is 3. The van der Waals surface area contributed by atoms with Crippen LogP contribution in [0.5, 0.6) is 0 Å². The lowest BCUT2D eigenvalue weighted by Crippen LogP contribution is -2.56. The van der Waals surface area contributed by atoms with E-state index in [1.807, 2.05) is 52.0 Å². The molecule has 0 aliphatic carbocycles. The highest BCUT2D eigenvalue weighted by atomic mass is 32.2. The van der Waals surface area contributed by atoms with E-state index < -0.39 is 15.8 Å². The summed E-state index contributed by atoms with van der Waals surface area (Å²) in [7, 11) is -4.18. The number of aryl methyl sites for hydroxylation is 1. The first-order valence-corrected chi connectivity index (χ1v) is 16.5. The van der Waals surface area contributed by atoms with E-state index in [1.165, 1.54) is 33.5 Å². The highest BCUT2D eigenvalue weighted by molar-refractivity contribution is 7.90. The van der Waals surface area contributed by atoms with Gasteiger partial charge in [-0.1, -0.05) is 29.8 Å². The smallest absolute Gasteiger partial charge is 0.268 e. The van der Waals surface area contributed by atoms with Crippen molar-refractivity contribution in [3.8, 4) is 28.5 Å². The van der Waals surface area contributed by atoms with Crippen LogP contribution in [0.3, 0.4) is 0 Å². The summed E-state index contributed by atoms with van der Waals surface area (Å²) in [4.78, 5) is 15.3. The fourth-order valence-electron chi connectivity index (χ4n) is 5.60. The number of aromatic nitrogens is 1. The molecule has 0 bridgehead atoms. The van der Waals surface area contributed by atoms with Crippen molar-refractivity contribution in [3.63, 3.8) is 0 Å². The van der Waals surface area contributed by atoms with Crippen LogP contribution in [0.15, 0.2) is 83.1 Å². The highest BCUT2D eigenvalue weighted by Crippen LogP contribution is 2.46. The molecule has 0 radical (unpaired) electrons. The van der Waals surface area contributed by atoms with Crippen molar-refractivity contribution in [1.82, 2.24) is 9.29 Å². The molecular weight excluding hydrogens is 596 g/mol. The molecule has 1 N–H and O–H groups in total.